The van der Waals surface area contributed by atoms with Gasteiger partial charge in [-0.1, -0.05) is 47.7 Å². The van der Waals surface area contributed by atoms with Gasteiger partial charge < -0.3 is 11.1 Å². The SMILES string of the molecule is Cc1ccc(-n2nnnc2SCC(=O)Nc2nn(-c3ccccc3)nc2C(N)=O)c(C)c1. The van der Waals surface area contributed by atoms with Crippen molar-refractivity contribution >= 4 is 29.4 Å². The Labute approximate surface area is 187 Å². The van der Waals surface area contributed by atoms with Gasteiger partial charge in [0.1, 0.15) is 0 Å². The molecular formula is C20H19N9O2S. The van der Waals surface area contributed by atoms with Gasteiger partial charge in [0.15, 0.2) is 11.5 Å². The number of primary amides is 1. The van der Waals surface area contributed by atoms with Crippen molar-refractivity contribution in [3.05, 3.63) is 65.4 Å². The molecule has 12 heteroatoms. The summed E-state index contributed by atoms with van der Waals surface area (Å²) in [4.78, 5) is 25.6. The molecule has 2 heterocycles. The van der Waals surface area contributed by atoms with Gasteiger partial charge in [-0.15, -0.1) is 20.1 Å². The number of aryl methyl sites for hydroxylation is 2. The monoisotopic (exact) mass is 449 g/mol. The van der Waals surface area contributed by atoms with Gasteiger partial charge in [-0.3, -0.25) is 9.59 Å². The number of nitrogens with zero attached hydrogens (tertiary/aromatic N) is 7. The molecule has 0 atom stereocenters. The third kappa shape index (κ3) is 4.49. The number of nitrogens with two attached hydrogens (primary N) is 1. The van der Waals surface area contributed by atoms with Crippen LogP contribution in [0.3, 0.4) is 0 Å². The van der Waals surface area contributed by atoms with Crippen LogP contribution in [-0.2, 0) is 4.79 Å². The van der Waals surface area contributed by atoms with Gasteiger partial charge >= 0.3 is 0 Å². The molecule has 0 aliphatic rings. The fourth-order valence-electron chi connectivity index (χ4n) is 2.99. The first-order chi connectivity index (χ1) is 15.4. The van der Waals surface area contributed by atoms with Crippen LogP contribution in [0.1, 0.15) is 21.6 Å². The van der Waals surface area contributed by atoms with Crippen molar-refractivity contribution in [2.75, 3.05) is 11.1 Å². The van der Waals surface area contributed by atoms with Crippen molar-refractivity contribution in [2.24, 2.45) is 5.73 Å². The van der Waals surface area contributed by atoms with Gasteiger partial charge in [-0.2, -0.15) is 4.68 Å². The number of benzene rings is 2. The first-order valence-corrected chi connectivity index (χ1v) is 10.5. The zero-order chi connectivity index (χ0) is 22.7. The van der Waals surface area contributed by atoms with Crippen LogP contribution in [0.15, 0.2) is 53.7 Å². The number of tetrazole rings is 1. The molecule has 2 aromatic heterocycles. The fourth-order valence-corrected chi connectivity index (χ4v) is 3.68. The number of amides is 2. The van der Waals surface area contributed by atoms with Crippen molar-refractivity contribution in [3.8, 4) is 11.4 Å². The highest BCUT2D eigenvalue weighted by molar-refractivity contribution is 7.99. The molecule has 0 saturated carbocycles. The number of nitrogens with one attached hydrogen (secondary N) is 1. The standard InChI is InChI=1S/C20H19N9O2S/c1-12-8-9-15(13(2)10-12)28-20(23-26-27-28)32-11-16(30)22-19-17(18(21)31)24-29(25-19)14-6-4-3-5-7-14/h3-10H,11H2,1-2H3,(H2,21,31)(H,22,25,30). The number of carbonyl (C=O) groups excluding carboxylic acids is 2. The Morgan fingerprint density at radius 2 is 1.88 bits per heavy atom. The number of aromatic nitrogens is 7. The largest absolute Gasteiger partial charge is 0.364 e. The Hall–Kier alpha value is -4.06. The second-order valence-electron chi connectivity index (χ2n) is 6.89. The number of hydrogen-bond donors (Lipinski definition) is 2. The minimum absolute atomic E-state index is 0.0122. The summed E-state index contributed by atoms with van der Waals surface area (Å²) in [7, 11) is 0. The van der Waals surface area contributed by atoms with E-state index in [-0.39, 0.29) is 17.3 Å². The summed E-state index contributed by atoms with van der Waals surface area (Å²) in [5.41, 5.74) is 8.85. The normalized spacial score (nSPS) is 10.8. The Morgan fingerprint density at radius 3 is 2.59 bits per heavy atom. The highest BCUT2D eigenvalue weighted by atomic mass is 32.2. The lowest BCUT2D eigenvalue weighted by Gasteiger charge is -2.08. The topological polar surface area (TPSA) is 146 Å². The minimum Gasteiger partial charge on any atom is -0.364 e. The minimum atomic E-state index is -0.797. The van der Waals surface area contributed by atoms with E-state index in [0.29, 0.717) is 10.8 Å². The zero-order valence-electron chi connectivity index (χ0n) is 17.3. The summed E-state index contributed by atoms with van der Waals surface area (Å²) >= 11 is 1.15. The number of rotatable bonds is 7. The Balaban J connectivity index is 1.48. The average Bonchev–Trinajstić information content (AvgIpc) is 3.40. The Morgan fingerprint density at radius 1 is 1.09 bits per heavy atom. The van der Waals surface area contributed by atoms with Crippen molar-refractivity contribution in [2.45, 2.75) is 19.0 Å². The molecule has 2 amide bonds. The van der Waals surface area contributed by atoms with Crippen molar-refractivity contribution in [1.82, 2.24) is 35.2 Å². The molecular weight excluding hydrogens is 430 g/mol. The third-order valence-corrected chi connectivity index (χ3v) is 5.37. The molecule has 3 N–H and O–H groups in total. The highest BCUT2D eigenvalue weighted by Gasteiger charge is 2.20. The van der Waals surface area contributed by atoms with Gasteiger partial charge in [0.2, 0.25) is 11.1 Å². The molecule has 32 heavy (non-hydrogen) atoms. The average molecular weight is 450 g/mol. The molecule has 0 aliphatic heterocycles. The van der Waals surface area contributed by atoms with E-state index in [0.717, 1.165) is 28.6 Å². The van der Waals surface area contributed by atoms with Crippen LogP contribution < -0.4 is 11.1 Å². The van der Waals surface area contributed by atoms with E-state index in [9.17, 15) is 9.59 Å². The summed E-state index contributed by atoms with van der Waals surface area (Å²) in [6.07, 6.45) is 0. The number of anilines is 1. The molecule has 0 fully saturated rings. The lowest BCUT2D eigenvalue weighted by atomic mass is 10.1. The molecule has 0 spiro atoms. The van der Waals surface area contributed by atoms with Crippen LogP contribution in [0.5, 0.6) is 0 Å². The predicted octanol–water partition coefficient (Wildman–Crippen LogP) is 1.69. The molecule has 4 rings (SSSR count). The summed E-state index contributed by atoms with van der Waals surface area (Å²) in [5, 5.41) is 23.1. The van der Waals surface area contributed by atoms with Gasteiger partial charge in [0.05, 0.1) is 17.1 Å². The summed E-state index contributed by atoms with van der Waals surface area (Å²) in [6.45, 7) is 3.97. The molecule has 4 aromatic rings. The quantitative estimate of drug-likeness (QED) is 0.405. The van der Waals surface area contributed by atoms with Crippen molar-refractivity contribution in [3.63, 3.8) is 0 Å². The molecule has 2 aromatic carbocycles. The van der Waals surface area contributed by atoms with E-state index in [2.05, 4.69) is 31.0 Å². The number of hydrogen-bond acceptors (Lipinski definition) is 8. The first-order valence-electron chi connectivity index (χ1n) is 9.53. The van der Waals surface area contributed by atoms with Crippen LogP contribution in [0.25, 0.3) is 11.4 Å². The number of carbonyl (C=O) groups is 2. The van der Waals surface area contributed by atoms with E-state index in [4.69, 9.17) is 5.73 Å². The lowest BCUT2D eigenvalue weighted by molar-refractivity contribution is -0.113. The smallest absolute Gasteiger partial charge is 0.273 e. The maximum absolute atomic E-state index is 12.5. The molecule has 0 unspecified atom stereocenters. The molecule has 0 bridgehead atoms. The van der Waals surface area contributed by atoms with Gasteiger partial charge in [0.25, 0.3) is 5.91 Å². The summed E-state index contributed by atoms with van der Waals surface area (Å²) in [5.74, 6) is -1.23. The fraction of sp³-hybridized carbons (Fsp3) is 0.150. The second kappa shape index (κ2) is 8.98. The van der Waals surface area contributed by atoms with Crippen LogP contribution >= 0.6 is 11.8 Å². The van der Waals surface area contributed by atoms with E-state index in [1.807, 2.05) is 38.1 Å². The number of para-hydroxylation sites is 1. The molecule has 0 radical (unpaired) electrons. The second-order valence-corrected chi connectivity index (χ2v) is 7.83. The maximum atomic E-state index is 12.5. The van der Waals surface area contributed by atoms with Crippen LogP contribution in [0.4, 0.5) is 5.82 Å². The van der Waals surface area contributed by atoms with Crippen molar-refractivity contribution in [1.29, 1.82) is 0 Å². The molecule has 0 saturated heterocycles. The lowest BCUT2D eigenvalue weighted by Crippen LogP contribution is -2.19. The summed E-state index contributed by atoms with van der Waals surface area (Å²) in [6, 6.07) is 14.9. The highest BCUT2D eigenvalue weighted by Crippen LogP contribution is 2.22. The van der Waals surface area contributed by atoms with E-state index in [1.54, 1.807) is 28.9 Å². The molecule has 0 aliphatic carbocycles. The Kier molecular flexibility index (Phi) is 5.94. The molecule has 162 valence electrons. The van der Waals surface area contributed by atoms with Crippen LogP contribution in [0.2, 0.25) is 0 Å². The van der Waals surface area contributed by atoms with E-state index >= 15 is 0 Å². The third-order valence-electron chi connectivity index (χ3n) is 4.45. The van der Waals surface area contributed by atoms with Gasteiger partial charge in [-0.05, 0) is 48.0 Å². The maximum Gasteiger partial charge on any atom is 0.273 e. The summed E-state index contributed by atoms with van der Waals surface area (Å²) < 4.78 is 1.58. The van der Waals surface area contributed by atoms with Gasteiger partial charge in [0, 0.05) is 0 Å². The predicted molar refractivity (Wildman–Crippen MR) is 118 cm³/mol. The number of thioether (sulfide) groups is 1. The Bertz CT molecular complexity index is 1280. The molecule has 11 nitrogen and oxygen atoms in total. The van der Waals surface area contributed by atoms with E-state index in [1.165, 1.54) is 4.80 Å². The van der Waals surface area contributed by atoms with E-state index < -0.39 is 11.8 Å². The zero-order valence-corrected chi connectivity index (χ0v) is 18.1. The first kappa shape index (κ1) is 21.2. The van der Waals surface area contributed by atoms with Crippen LogP contribution in [0, 0.1) is 13.8 Å². The van der Waals surface area contributed by atoms with Crippen LogP contribution in [-0.4, -0.2) is 52.8 Å². The van der Waals surface area contributed by atoms with Crippen molar-refractivity contribution < 1.29 is 9.59 Å². The van der Waals surface area contributed by atoms with Gasteiger partial charge in [-0.25, -0.2) is 0 Å².